The molecule has 2 aromatic rings. The third-order valence-electron chi connectivity index (χ3n) is 3.07. The lowest BCUT2D eigenvalue weighted by Crippen LogP contribution is -2.23. The maximum atomic E-state index is 4.28. The molecule has 0 N–H and O–H groups in total. The van der Waals surface area contributed by atoms with Crippen LogP contribution >= 0.6 is 23.7 Å². The molecule has 0 aromatic carbocycles. The highest BCUT2D eigenvalue weighted by atomic mass is 35.5. The molecule has 0 amide bonds. The summed E-state index contributed by atoms with van der Waals surface area (Å²) in [5.74, 6) is 0. The topological polar surface area (TPSA) is 54.8 Å². The van der Waals surface area contributed by atoms with E-state index in [1.807, 2.05) is 0 Å². The Morgan fingerprint density at radius 2 is 1.79 bits per heavy atom. The van der Waals surface area contributed by atoms with Crippen LogP contribution in [0, 0.1) is 0 Å². The van der Waals surface area contributed by atoms with Gasteiger partial charge in [-0.05, 0) is 12.8 Å². The van der Waals surface area contributed by atoms with Gasteiger partial charge in [0.2, 0.25) is 5.13 Å². The van der Waals surface area contributed by atoms with E-state index < -0.39 is 0 Å². The zero-order chi connectivity index (χ0) is 12.2. The molecule has 1 aliphatic rings. The van der Waals surface area contributed by atoms with Crippen LogP contribution in [0.3, 0.4) is 0 Å². The van der Waals surface area contributed by atoms with Crippen molar-refractivity contribution in [2.75, 3.05) is 18.0 Å². The highest BCUT2D eigenvalue weighted by Gasteiger charge is 2.15. The zero-order valence-electron chi connectivity index (χ0n) is 10.5. The monoisotopic (exact) mass is 297 g/mol. The molecule has 1 aliphatic heterocycles. The number of rotatable bonds is 2. The standard InChI is InChI=1S/C12H15N5S.ClH/c1-2-4-8-17(7-3-1)12-16-15-11(18-12)10-9-13-5-6-14-10;/h5-6,9H,1-4,7-8H2;1H. The highest BCUT2D eigenvalue weighted by molar-refractivity contribution is 7.18. The van der Waals surface area contributed by atoms with Crippen molar-refractivity contribution in [1.82, 2.24) is 20.2 Å². The third-order valence-corrected chi connectivity index (χ3v) is 4.08. The first-order valence-corrected chi connectivity index (χ1v) is 7.10. The SMILES string of the molecule is Cl.c1cnc(-c2nnc(N3CCCCCC3)s2)cn1. The summed E-state index contributed by atoms with van der Waals surface area (Å²) in [6, 6.07) is 0. The lowest BCUT2D eigenvalue weighted by atomic mass is 10.2. The second-order valence-electron chi connectivity index (χ2n) is 4.38. The van der Waals surface area contributed by atoms with Crippen molar-refractivity contribution >= 4 is 28.9 Å². The fraction of sp³-hybridized carbons (Fsp3) is 0.500. The minimum atomic E-state index is 0. The van der Waals surface area contributed by atoms with Gasteiger partial charge in [-0.1, -0.05) is 24.2 Å². The van der Waals surface area contributed by atoms with Crippen LogP contribution in [-0.2, 0) is 0 Å². The molecule has 0 spiro atoms. The van der Waals surface area contributed by atoms with Crippen molar-refractivity contribution in [2.24, 2.45) is 0 Å². The molecule has 5 nitrogen and oxygen atoms in total. The maximum absolute atomic E-state index is 4.28. The van der Waals surface area contributed by atoms with Gasteiger partial charge in [0.05, 0.1) is 6.20 Å². The van der Waals surface area contributed by atoms with Gasteiger partial charge < -0.3 is 4.90 Å². The van der Waals surface area contributed by atoms with Gasteiger partial charge in [-0.2, -0.15) is 0 Å². The average Bonchev–Trinajstić information content (AvgIpc) is 2.76. The van der Waals surface area contributed by atoms with Crippen molar-refractivity contribution in [2.45, 2.75) is 25.7 Å². The van der Waals surface area contributed by atoms with Crippen LogP contribution in [0.2, 0.25) is 0 Å². The van der Waals surface area contributed by atoms with E-state index in [4.69, 9.17) is 0 Å². The van der Waals surface area contributed by atoms with Gasteiger partial charge in [0.15, 0.2) is 5.01 Å². The first-order chi connectivity index (χ1) is 8.93. The molecule has 0 atom stereocenters. The first-order valence-electron chi connectivity index (χ1n) is 6.28. The molecular weight excluding hydrogens is 282 g/mol. The Kier molecular flexibility index (Phi) is 5.04. The van der Waals surface area contributed by atoms with Crippen LogP contribution < -0.4 is 4.90 Å². The van der Waals surface area contributed by atoms with Gasteiger partial charge in [0.1, 0.15) is 5.69 Å². The van der Waals surface area contributed by atoms with Crippen molar-refractivity contribution in [3.05, 3.63) is 18.6 Å². The molecule has 0 saturated carbocycles. The second kappa shape index (κ2) is 6.77. The first kappa shape index (κ1) is 14.1. The lowest BCUT2D eigenvalue weighted by Gasteiger charge is -2.17. The van der Waals surface area contributed by atoms with Crippen LogP contribution in [0.25, 0.3) is 10.7 Å². The predicted molar refractivity (Wildman–Crippen MR) is 78.9 cm³/mol. The quantitative estimate of drug-likeness (QED) is 0.853. The molecule has 0 bridgehead atoms. The van der Waals surface area contributed by atoms with Gasteiger partial charge in [0.25, 0.3) is 0 Å². The normalized spacial score (nSPS) is 15.7. The Labute approximate surface area is 122 Å². The molecule has 2 aromatic heterocycles. The minimum Gasteiger partial charge on any atom is -0.347 e. The largest absolute Gasteiger partial charge is 0.347 e. The lowest BCUT2D eigenvalue weighted by molar-refractivity contribution is 0.726. The Morgan fingerprint density at radius 1 is 1.00 bits per heavy atom. The smallest absolute Gasteiger partial charge is 0.208 e. The highest BCUT2D eigenvalue weighted by Crippen LogP contribution is 2.28. The number of hydrogen-bond acceptors (Lipinski definition) is 6. The third kappa shape index (κ3) is 3.39. The number of hydrogen-bond donors (Lipinski definition) is 0. The van der Waals surface area contributed by atoms with Crippen molar-refractivity contribution in [3.63, 3.8) is 0 Å². The molecule has 0 radical (unpaired) electrons. The van der Waals surface area contributed by atoms with Gasteiger partial charge in [-0.3, -0.25) is 9.97 Å². The van der Waals surface area contributed by atoms with E-state index in [9.17, 15) is 0 Å². The summed E-state index contributed by atoms with van der Waals surface area (Å²) in [6.07, 6.45) is 10.2. The molecule has 102 valence electrons. The Morgan fingerprint density at radius 3 is 2.47 bits per heavy atom. The van der Waals surface area contributed by atoms with Gasteiger partial charge >= 0.3 is 0 Å². The van der Waals surface area contributed by atoms with E-state index >= 15 is 0 Å². The molecule has 0 aliphatic carbocycles. The van der Waals surface area contributed by atoms with Gasteiger partial charge in [0, 0.05) is 25.5 Å². The molecule has 3 heterocycles. The van der Waals surface area contributed by atoms with E-state index in [0.717, 1.165) is 28.9 Å². The van der Waals surface area contributed by atoms with E-state index in [1.54, 1.807) is 29.9 Å². The average molecular weight is 298 g/mol. The van der Waals surface area contributed by atoms with Crippen LogP contribution in [0.4, 0.5) is 5.13 Å². The number of nitrogens with zero attached hydrogens (tertiary/aromatic N) is 5. The number of anilines is 1. The predicted octanol–water partition coefficient (Wildman–Crippen LogP) is 2.80. The zero-order valence-corrected chi connectivity index (χ0v) is 12.2. The van der Waals surface area contributed by atoms with E-state index in [1.165, 1.54) is 25.7 Å². The molecule has 0 unspecified atom stereocenters. The number of halogens is 1. The van der Waals surface area contributed by atoms with Crippen LogP contribution in [0.15, 0.2) is 18.6 Å². The molecule has 19 heavy (non-hydrogen) atoms. The van der Waals surface area contributed by atoms with Crippen LogP contribution in [-0.4, -0.2) is 33.3 Å². The van der Waals surface area contributed by atoms with E-state index in [0.29, 0.717) is 0 Å². The second-order valence-corrected chi connectivity index (χ2v) is 5.34. The Bertz CT molecular complexity index is 496. The van der Waals surface area contributed by atoms with E-state index in [-0.39, 0.29) is 12.4 Å². The van der Waals surface area contributed by atoms with Crippen molar-refractivity contribution in [1.29, 1.82) is 0 Å². The molecule has 1 saturated heterocycles. The molecular formula is C12H16ClN5S. The Hall–Kier alpha value is -1.27. The van der Waals surface area contributed by atoms with Gasteiger partial charge in [-0.15, -0.1) is 22.6 Å². The molecule has 3 rings (SSSR count). The van der Waals surface area contributed by atoms with E-state index in [2.05, 4.69) is 25.1 Å². The molecule has 7 heteroatoms. The summed E-state index contributed by atoms with van der Waals surface area (Å²) in [5, 5.41) is 10.4. The summed E-state index contributed by atoms with van der Waals surface area (Å²) in [6.45, 7) is 2.18. The fourth-order valence-corrected chi connectivity index (χ4v) is 2.98. The van der Waals surface area contributed by atoms with Crippen molar-refractivity contribution in [3.8, 4) is 10.7 Å². The summed E-state index contributed by atoms with van der Waals surface area (Å²) in [5.41, 5.74) is 0.802. The summed E-state index contributed by atoms with van der Waals surface area (Å²) >= 11 is 1.60. The fourth-order valence-electron chi connectivity index (χ4n) is 2.12. The Balaban J connectivity index is 0.00000133. The summed E-state index contributed by atoms with van der Waals surface area (Å²) in [4.78, 5) is 10.7. The van der Waals surface area contributed by atoms with Gasteiger partial charge in [-0.25, -0.2) is 0 Å². The van der Waals surface area contributed by atoms with Crippen LogP contribution in [0.1, 0.15) is 25.7 Å². The molecule has 1 fully saturated rings. The summed E-state index contributed by atoms with van der Waals surface area (Å²) in [7, 11) is 0. The summed E-state index contributed by atoms with van der Waals surface area (Å²) < 4.78 is 0. The van der Waals surface area contributed by atoms with Crippen LogP contribution in [0.5, 0.6) is 0 Å². The van der Waals surface area contributed by atoms with Crippen molar-refractivity contribution < 1.29 is 0 Å². The maximum Gasteiger partial charge on any atom is 0.208 e. The minimum absolute atomic E-state index is 0. The number of aromatic nitrogens is 4.